The van der Waals surface area contributed by atoms with E-state index in [0.717, 1.165) is 43.5 Å². The molecule has 0 unspecified atom stereocenters. The molecule has 0 saturated heterocycles. The van der Waals surface area contributed by atoms with Crippen molar-refractivity contribution in [1.82, 2.24) is 0 Å². The van der Waals surface area contributed by atoms with Crippen molar-refractivity contribution in [3.05, 3.63) is 156 Å². The highest BCUT2D eigenvalue weighted by atomic mass is 14.3. The molecular formula is C41H29N. The number of hydrogen-bond acceptors (Lipinski definition) is 1. The predicted octanol–water partition coefficient (Wildman–Crippen LogP) is 9.50. The molecular weight excluding hydrogens is 506 g/mol. The summed E-state index contributed by atoms with van der Waals surface area (Å²) >= 11 is 0. The van der Waals surface area contributed by atoms with Crippen LogP contribution < -0.4 is 10.4 Å². The zero-order valence-electron chi connectivity index (χ0n) is 23.2. The van der Waals surface area contributed by atoms with Crippen LogP contribution in [0.3, 0.4) is 0 Å². The summed E-state index contributed by atoms with van der Waals surface area (Å²) < 4.78 is 0. The van der Waals surface area contributed by atoms with Crippen molar-refractivity contribution < 1.29 is 0 Å². The van der Waals surface area contributed by atoms with E-state index in [0.29, 0.717) is 0 Å². The van der Waals surface area contributed by atoms with Gasteiger partial charge in [0.1, 0.15) is 0 Å². The monoisotopic (exact) mass is 535 g/mol. The van der Waals surface area contributed by atoms with Gasteiger partial charge in [-0.25, -0.2) is 0 Å². The minimum absolute atomic E-state index is 0.925. The zero-order chi connectivity index (χ0) is 28.5. The van der Waals surface area contributed by atoms with E-state index in [2.05, 4.69) is 146 Å². The Balaban J connectivity index is 1.45. The Morgan fingerprint density at radius 3 is 1.76 bits per heavy atom. The number of hydrogen-bond donors (Lipinski definition) is 1. The van der Waals surface area contributed by atoms with E-state index >= 15 is 0 Å². The number of rotatable bonds is 5. The maximum Gasteiger partial charge on any atom is 0.0184 e. The molecule has 0 aliphatic carbocycles. The van der Waals surface area contributed by atoms with Crippen molar-refractivity contribution >= 4 is 40.4 Å². The molecule has 1 heteroatoms. The van der Waals surface area contributed by atoms with Gasteiger partial charge >= 0.3 is 0 Å². The van der Waals surface area contributed by atoms with Crippen molar-refractivity contribution in [2.45, 2.75) is 0 Å². The first kappa shape index (κ1) is 25.4. The Kier molecular flexibility index (Phi) is 6.54. The van der Waals surface area contributed by atoms with Crippen LogP contribution in [0.5, 0.6) is 0 Å². The molecule has 7 rings (SSSR count). The van der Waals surface area contributed by atoms with Crippen LogP contribution in [0.4, 0.5) is 0 Å². The molecule has 0 aromatic heterocycles. The summed E-state index contributed by atoms with van der Waals surface area (Å²) in [6, 6.07) is 51.5. The van der Waals surface area contributed by atoms with Crippen LogP contribution in [0.25, 0.3) is 78.7 Å². The van der Waals surface area contributed by atoms with Crippen LogP contribution in [0, 0.1) is 5.41 Å². The van der Waals surface area contributed by atoms with E-state index in [4.69, 9.17) is 5.41 Å². The molecule has 0 amide bonds. The zero-order valence-corrected chi connectivity index (χ0v) is 23.2. The number of benzene rings is 7. The molecule has 1 N–H and O–H groups in total. The maximum atomic E-state index is 8.04. The van der Waals surface area contributed by atoms with Crippen LogP contribution >= 0.6 is 0 Å². The Morgan fingerprint density at radius 1 is 0.452 bits per heavy atom. The van der Waals surface area contributed by atoms with Crippen molar-refractivity contribution in [1.29, 1.82) is 5.41 Å². The van der Waals surface area contributed by atoms with Gasteiger partial charge in [-0.1, -0.05) is 146 Å². The van der Waals surface area contributed by atoms with Crippen LogP contribution in [0.2, 0.25) is 0 Å². The summed E-state index contributed by atoms with van der Waals surface area (Å²) in [5.74, 6) is 0. The van der Waals surface area contributed by atoms with Crippen molar-refractivity contribution in [2.24, 2.45) is 0 Å². The first-order chi connectivity index (χ1) is 20.7. The van der Waals surface area contributed by atoms with E-state index in [1.165, 1.54) is 39.2 Å². The third-order valence-electron chi connectivity index (χ3n) is 8.14. The summed E-state index contributed by atoms with van der Waals surface area (Å²) in [5, 5.41) is 14.7. The third kappa shape index (κ3) is 4.42. The Hall–Kier alpha value is -5.53. The first-order valence-corrected chi connectivity index (χ1v) is 14.2. The second-order valence-electron chi connectivity index (χ2n) is 10.6. The Labute approximate surface area is 245 Å². The van der Waals surface area contributed by atoms with Crippen molar-refractivity contribution in [3.8, 4) is 44.5 Å². The average molecular weight is 536 g/mol. The molecule has 0 atom stereocenters. The molecule has 0 spiro atoms. The molecule has 42 heavy (non-hydrogen) atoms. The fraction of sp³-hybridized carbons (Fsp3) is 0. The van der Waals surface area contributed by atoms with Crippen LogP contribution in [-0.4, -0.2) is 6.21 Å². The fourth-order valence-corrected chi connectivity index (χ4v) is 6.20. The van der Waals surface area contributed by atoms with Gasteiger partial charge in [0.2, 0.25) is 0 Å². The Bertz CT molecular complexity index is 2200. The molecule has 198 valence electrons. The normalized spacial score (nSPS) is 11.7. The van der Waals surface area contributed by atoms with Crippen molar-refractivity contribution in [2.75, 3.05) is 0 Å². The molecule has 0 heterocycles. The molecule has 0 aliphatic rings. The first-order valence-electron chi connectivity index (χ1n) is 14.2. The third-order valence-corrected chi connectivity index (χ3v) is 8.14. The lowest BCUT2D eigenvalue weighted by Gasteiger charge is -2.16. The summed E-state index contributed by atoms with van der Waals surface area (Å²) in [5.41, 5.74) is 9.19. The van der Waals surface area contributed by atoms with Gasteiger partial charge in [-0.05, 0) is 88.6 Å². The molecule has 7 aromatic rings. The lowest BCUT2D eigenvalue weighted by molar-refractivity contribution is 1.52. The van der Waals surface area contributed by atoms with E-state index in [1.54, 1.807) is 0 Å². The predicted molar refractivity (Wildman–Crippen MR) is 181 cm³/mol. The van der Waals surface area contributed by atoms with Gasteiger partial charge in [0.05, 0.1) is 0 Å². The smallest absolute Gasteiger partial charge is 0.0184 e. The molecule has 0 bridgehead atoms. The van der Waals surface area contributed by atoms with Crippen LogP contribution in [0.1, 0.15) is 0 Å². The SMILES string of the molecule is C=c1c(-c2cccc(-c3cccc4ccccc34)c2)c2ccccc2c(-c2ccc(-c3ccccc3)cc2)/c1=C/C=N. The van der Waals surface area contributed by atoms with Gasteiger partial charge in [-0.15, -0.1) is 0 Å². The molecule has 0 fully saturated rings. The molecule has 0 saturated carbocycles. The van der Waals surface area contributed by atoms with E-state index < -0.39 is 0 Å². The van der Waals surface area contributed by atoms with Crippen molar-refractivity contribution in [3.63, 3.8) is 0 Å². The highest BCUT2D eigenvalue weighted by Crippen LogP contribution is 2.35. The highest BCUT2D eigenvalue weighted by molar-refractivity contribution is 6.07. The number of fused-ring (bicyclic) bond motifs is 2. The average Bonchev–Trinajstić information content (AvgIpc) is 3.05. The van der Waals surface area contributed by atoms with Crippen LogP contribution in [-0.2, 0) is 0 Å². The van der Waals surface area contributed by atoms with Gasteiger partial charge in [-0.2, -0.15) is 0 Å². The topological polar surface area (TPSA) is 23.9 Å². The maximum absolute atomic E-state index is 8.04. The number of nitrogens with one attached hydrogen (secondary N) is 1. The summed E-state index contributed by atoms with van der Waals surface area (Å²) in [6.45, 7) is 4.63. The van der Waals surface area contributed by atoms with E-state index in [1.807, 2.05) is 12.1 Å². The Morgan fingerprint density at radius 2 is 1.00 bits per heavy atom. The lowest BCUT2D eigenvalue weighted by Crippen LogP contribution is -2.28. The lowest BCUT2D eigenvalue weighted by atomic mass is 9.87. The second-order valence-corrected chi connectivity index (χ2v) is 10.6. The second kappa shape index (κ2) is 10.8. The summed E-state index contributed by atoms with van der Waals surface area (Å²) in [7, 11) is 0. The van der Waals surface area contributed by atoms with E-state index in [-0.39, 0.29) is 0 Å². The molecule has 1 nitrogen and oxygen atoms in total. The largest absolute Gasteiger partial charge is 0.309 e. The summed E-state index contributed by atoms with van der Waals surface area (Å²) in [6.07, 6.45) is 3.25. The highest BCUT2D eigenvalue weighted by Gasteiger charge is 2.15. The molecule has 7 aromatic carbocycles. The quantitative estimate of drug-likeness (QED) is 0.212. The minimum atomic E-state index is 0.925. The fourth-order valence-electron chi connectivity index (χ4n) is 6.20. The van der Waals surface area contributed by atoms with Gasteiger partial charge in [-0.3, -0.25) is 0 Å². The van der Waals surface area contributed by atoms with Gasteiger partial charge in [0, 0.05) is 6.21 Å². The van der Waals surface area contributed by atoms with Gasteiger partial charge in [0.25, 0.3) is 0 Å². The molecule has 0 radical (unpaired) electrons. The standard InChI is InChI=1S/C41H29N/c1-28-35(25-26-42)41(32-23-21-30(22-24-32)29-11-3-2-4-12-29)39-19-8-7-18-38(39)40(28)34-16-9-15-33(27-34)37-20-10-14-31-13-5-6-17-36(31)37/h2-27,42H,1H2/b35-25+,42-26?. The molecule has 0 aliphatic heterocycles. The van der Waals surface area contributed by atoms with E-state index in [9.17, 15) is 0 Å². The van der Waals surface area contributed by atoms with Crippen LogP contribution in [0.15, 0.2) is 146 Å². The minimum Gasteiger partial charge on any atom is -0.309 e. The van der Waals surface area contributed by atoms with Gasteiger partial charge < -0.3 is 5.41 Å². The van der Waals surface area contributed by atoms with Gasteiger partial charge in [0.15, 0.2) is 0 Å². The summed E-state index contributed by atoms with van der Waals surface area (Å²) in [4.78, 5) is 0.